The average Bonchev–Trinajstić information content (AvgIpc) is 2.18. The second-order valence-corrected chi connectivity index (χ2v) is 3.72. The Balaban J connectivity index is 2.76. The fourth-order valence-corrected chi connectivity index (χ4v) is 1.05. The standard InChI is InChI=1S/C10H9Cl2NO/c1-2-7-4-3-5-8(6-7)13-10(14)9(11)12/h2-6,9H,1H2,(H,13,14). The maximum atomic E-state index is 11.1. The number of benzene rings is 1. The third-order valence-electron chi connectivity index (χ3n) is 1.59. The molecule has 0 atom stereocenters. The van der Waals surface area contributed by atoms with Crippen molar-refractivity contribution < 1.29 is 4.79 Å². The minimum atomic E-state index is -1.05. The molecule has 1 aromatic rings. The first-order valence-electron chi connectivity index (χ1n) is 3.95. The van der Waals surface area contributed by atoms with Gasteiger partial charge < -0.3 is 5.32 Å². The molecule has 1 N–H and O–H groups in total. The van der Waals surface area contributed by atoms with Crippen molar-refractivity contribution in [3.8, 4) is 0 Å². The van der Waals surface area contributed by atoms with Crippen LogP contribution in [0.2, 0.25) is 0 Å². The number of hydrogen-bond donors (Lipinski definition) is 1. The van der Waals surface area contributed by atoms with E-state index in [1.807, 2.05) is 12.1 Å². The van der Waals surface area contributed by atoms with E-state index in [1.54, 1.807) is 18.2 Å². The average molecular weight is 230 g/mol. The third kappa shape index (κ3) is 3.05. The van der Waals surface area contributed by atoms with Gasteiger partial charge in [0.15, 0.2) is 4.84 Å². The Morgan fingerprint density at radius 3 is 2.79 bits per heavy atom. The quantitative estimate of drug-likeness (QED) is 0.794. The molecule has 1 rings (SSSR count). The van der Waals surface area contributed by atoms with Gasteiger partial charge in [-0.1, -0.05) is 48.0 Å². The van der Waals surface area contributed by atoms with Crippen molar-refractivity contribution in [2.24, 2.45) is 0 Å². The Bertz CT molecular complexity index is 350. The van der Waals surface area contributed by atoms with Gasteiger partial charge >= 0.3 is 0 Å². The van der Waals surface area contributed by atoms with Crippen LogP contribution in [0.5, 0.6) is 0 Å². The first-order chi connectivity index (χ1) is 6.63. The molecule has 0 radical (unpaired) electrons. The number of rotatable bonds is 3. The van der Waals surface area contributed by atoms with Gasteiger partial charge in [0.25, 0.3) is 5.91 Å². The second-order valence-electron chi connectivity index (χ2n) is 2.62. The minimum Gasteiger partial charge on any atom is -0.324 e. The number of anilines is 1. The number of hydrogen-bond acceptors (Lipinski definition) is 1. The molecular weight excluding hydrogens is 221 g/mol. The Morgan fingerprint density at radius 1 is 1.50 bits per heavy atom. The van der Waals surface area contributed by atoms with Gasteiger partial charge in [-0.25, -0.2) is 0 Å². The normalized spacial score (nSPS) is 9.93. The molecule has 0 spiro atoms. The lowest BCUT2D eigenvalue weighted by Gasteiger charge is -2.05. The predicted octanol–water partition coefficient (Wildman–Crippen LogP) is 3.07. The van der Waals surface area contributed by atoms with Crippen LogP contribution < -0.4 is 5.32 Å². The Kier molecular flexibility index (Phi) is 3.98. The van der Waals surface area contributed by atoms with Gasteiger partial charge in [-0.15, -0.1) is 0 Å². The van der Waals surface area contributed by atoms with Crippen LogP contribution in [0.3, 0.4) is 0 Å². The summed E-state index contributed by atoms with van der Waals surface area (Å²) in [5.74, 6) is -0.436. The van der Waals surface area contributed by atoms with E-state index in [9.17, 15) is 4.79 Å². The summed E-state index contributed by atoms with van der Waals surface area (Å²) in [6.07, 6.45) is 1.69. The molecule has 0 unspecified atom stereocenters. The first kappa shape index (κ1) is 11.1. The second kappa shape index (κ2) is 5.03. The monoisotopic (exact) mass is 229 g/mol. The minimum absolute atomic E-state index is 0.436. The summed E-state index contributed by atoms with van der Waals surface area (Å²) in [6.45, 7) is 3.62. The van der Waals surface area contributed by atoms with Gasteiger partial charge in [-0.3, -0.25) is 4.79 Å². The number of halogens is 2. The van der Waals surface area contributed by atoms with Crippen LogP contribution in [-0.4, -0.2) is 10.7 Å². The van der Waals surface area contributed by atoms with E-state index >= 15 is 0 Å². The van der Waals surface area contributed by atoms with E-state index in [1.165, 1.54) is 0 Å². The fourth-order valence-electron chi connectivity index (χ4n) is 0.940. The van der Waals surface area contributed by atoms with Gasteiger partial charge in [0, 0.05) is 5.69 Å². The third-order valence-corrected chi connectivity index (χ3v) is 1.98. The summed E-state index contributed by atoms with van der Waals surface area (Å²) < 4.78 is 0. The summed E-state index contributed by atoms with van der Waals surface area (Å²) in [5.41, 5.74) is 1.57. The molecule has 4 heteroatoms. The molecule has 74 valence electrons. The molecule has 0 saturated heterocycles. The van der Waals surface area contributed by atoms with Crippen LogP contribution in [-0.2, 0) is 4.79 Å². The van der Waals surface area contributed by atoms with Crippen LogP contribution in [0.15, 0.2) is 30.8 Å². The molecule has 0 saturated carbocycles. The zero-order valence-corrected chi connectivity index (χ0v) is 8.85. The zero-order valence-electron chi connectivity index (χ0n) is 7.34. The van der Waals surface area contributed by atoms with E-state index in [2.05, 4.69) is 11.9 Å². The molecule has 1 amide bonds. The summed E-state index contributed by atoms with van der Waals surface area (Å²) in [7, 11) is 0. The zero-order chi connectivity index (χ0) is 10.6. The summed E-state index contributed by atoms with van der Waals surface area (Å²) >= 11 is 10.8. The molecule has 0 heterocycles. The van der Waals surface area contributed by atoms with E-state index in [0.717, 1.165) is 5.56 Å². The lowest BCUT2D eigenvalue weighted by molar-refractivity contribution is -0.114. The van der Waals surface area contributed by atoms with E-state index in [-0.39, 0.29) is 0 Å². The Labute approximate surface area is 92.5 Å². The number of carbonyl (C=O) groups is 1. The van der Waals surface area contributed by atoms with E-state index in [4.69, 9.17) is 23.2 Å². The van der Waals surface area contributed by atoms with Crippen molar-refractivity contribution in [2.75, 3.05) is 5.32 Å². The van der Waals surface area contributed by atoms with Crippen LogP contribution in [0.25, 0.3) is 6.08 Å². The van der Waals surface area contributed by atoms with Gasteiger partial charge in [0.05, 0.1) is 0 Å². The van der Waals surface area contributed by atoms with Crippen molar-refractivity contribution in [3.05, 3.63) is 36.4 Å². The summed E-state index contributed by atoms with van der Waals surface area (Å²) in [6, 6.07) is 7.22. The number of alkyl halides is 2. The molecule has 0 bridgehead atoms. The summed E-state index contributed by atoms with van der Waals surface area (Å²) in [5, 5.41) is 2.57. The largest absolute Gasteiger partial charge is 0.324 e. The predicted molar refractivity (Wildman–Crippen MR) is 60.7 cm³/mol. The first-order valence-corrected chi connectivity index (χ1v) is 4.82. The molecule has 2 nitrogen and oxygen atoms in total. The highest BCUT2D eigenvalue weighted by Gasteiger charge is 2.10. The van der Waals surface area contributed by atoms with Crippen molar-refractivity contribution >= 4 is 40.9 Å². The van der Waals surface area contributed by atoms with Crippen molar-refractivity contribution in [1.29, 1.82) is 0 Å². The fraction of sp³-hybridized carbons (Fsp3) is 0.100. The van der Waals surface area contributed by atoms with Crippen molar-refractivity contribution in [2.45, 2.75) is 4.84 Å². The molecule has 0 aliphatic carbocycles. The molecular formula is C10H9Cl2NO. The lowest BCUT2D eigenvalue weighted by Crippen LogP contribution is -2.18. The number of amides is 1. The molecule has 0 fully saturated rings. The highest BCUT2D eigenvalue weighted by molar-refractivity contribution is 6.54. The molecule has 14 heavy (non-hydrogen) atoms. The van der Waals surface area contributed by atoms with Gasteiger partial charge in [-0.05, 0) is 17.7 Å². The Hall–Kier alpha value is -0.990. The molecule has 0 aliphatic heterocycles. The van der Waals surface area contributed by atoms with E-state index in [0.29, 0.717) is 5.69 Å². The van der Waals surface area contributed by atoms with Crippen LogP contribution in [0, 0.1) is 0 Å². The maximum absolute atomic E-state index is 11.1. The number of nitrogens with one attached hydrogen (secondary N) is 1. The smallest absolute Gasteiger partial charge is 0.257 e. The molecule has 1 aromatic carbocycles. The summed E-state index contributed by atoms with van der Waals surface area (Å²) in [4.78, 5) is 10.1. The van der Waals surface area contributed by atoms with Gasteiger partial charge in [-0.2, -0.15) is 0 Å². The van der Waals surface area contributed by atoms with Crippen molar-refractivity contribution in [3.63, 3.8) is 0 Å². The molecule has 0 aliphatic rings. The highest BCUT2D eigenvalue weighted by Crippen LogP contribution is 2.13. The topological polar surface area (TPSA) is 29.1 Å². The maximum Gasteiger partial charge on any atom is 0.257 e. The van der Waals surface area contributed by atoms with Gasteiger partial charge in [0.1, 0.15) is 0 Å². The Morgan fingerprint density at radius 2 is 2.21 bits per heavy atom. The van der Waals surface area contributed by atoms with Crippen LogP contribution in [0.4, 0.5) is 5.69 Å². The van der Waals surface area contributed by atoms with Crippen molar-refractivity contribution in [1.82, 2.24) is 0 Å². The highest BCUT2D eigenvalue weighted by atomic mass is 35.5. The van der Waals surface area contributed by atoms with E-state index < -0.39 is 10.7 Å². The number of carbonyl (C=O) groups excluding carboxylic acids is 1. The molecule has 0 aromatic heterocycles. The van der Waals surface area contributed by atoms with Crippen LogP contribution >= 0.6 is 23.2 Å². The van der Waals surface area contributed by atoms with Gasteiger partial charge in [0.2, 0.25) is 0 Å². The van der Waals surface area contributed by atoms with Crippen LogP contribution in [0.1, 0.15) is 5.56 Å². The lowest BCUT2D eigenvalue weighted by atomic mass is 10.2. The SMILES string of the molecule is C=Cc1cccc(NC(=O)C(Cl)Cl)c1.